The van der Waals surface area contributed by atoms with Gasteiger partial charge in [0.2, 0.25) is 5.91 Å². The molecule has 1 aliphatic carbocycles. The smallest absolute Gasteiger partial charge is 0.306 e. The van der Waals surface area contributed by atoms with Crippen LogP contribution in [0.5, 0.6) is 5.75 Å². The fourth-order valence-corrected chi connectivity index (χ4v) is 2.64. The largest absolute Gasteiger partial charge is 0.496 e. The molecule has 1 saturated carbocycles. The van der Waals surface area contributed by atoms with E-state index in [4.69, 9.17) is 9.84 Å². The third kappa shape index (κ3) is 3.10. The van der Waals surface area contributed by atoms with Crippen molar-refractivity contribution in [2.45, 2.75) is 26.2 Å². The lowest BCUT2D eigenvalue weighted by atomic mass is 10.0. The van der Waals surface area contributed by atoms with Gasteiger partial charge in [0.05, 0.1) is 13.0 Å². The number of carboxylic acids is 1. The number of hydrogen-bond donors (Lipinski definition) is 2. The standard InChI is InChI=1S/C15H19NO4/c1-9-7-12(5-6-13(9)20-2)16-14(17)10-3-4-11(8-10)15(18)19/h5-7,10-11H,3-4,8H2,1-2H3,(H,16,17)(H,18,19). The van der Waals surface area contributed by atoms with Crippen molar-refractivity contribution in [1.82, 2.24) is 0 Å². The van der Waals surface area contributed by atoms with Crippen LogP contribution < -0.4 is 10.1 Å². The number of nitrogens with one attached hydrogen (secondary N) is 1. The molecule has 2 N–H and O–H groups in total. The molecule has 0 bridgehead atoms. The van der Waals surface area contributed by atoms with Crippen LogP contribution in [-0.4, -0.2) is 24.1 Å². The number of rotatable bonds is 4. The highest BCUT2D eigenvalue weighted by molar-refractivity contribution is 5.93. The average Bonchev–Trinajstić information content (AvgIpc) is 2.88. The molecule has 2 atom stereocenters. The van der Waals surface area contributed by atoms with Gasteiger partial charge in [0.25, 0.3) is 0 Å². The monoisotopic (exact) mass is 277 g/mol. The maximum absolute atomic E-state index is 12.1. The van der Waals surface area contributed by atoms with Crippen molar-refractivity contribution in [1.29, 1.82) is 0 Å². The first-order chi connectivity index (χ1) is 9.51. The highest BCUT2D eigenvalue weighted by Gasteiger charge is 2.33. The van der Waals surface area contributed by atoms with E-state index >= 15 is 0 Å². The Balaban J connectivity index is 1.98. The average molecular weight is 277 g/mol. The van der Waals surface area contributed by atoms with Crippen LogP contribution in [0.25, 0.3) is 0 Å². The van der Waals surface area contributed by atoms with E-state index in [1.807, 2.05) is 13.0 Å². The molecular weight excluding hydrogens is 258 g/mol. The zero-order valence-electron chi connectivity index (χ0n) is 11.7. The molecule has 5 nitrogen and oxygen atoms in total. The van der Waals surface area contributed by atoms with Crippen molar-refractivity contribution < 1.29 is 19.4 Å². The number of carboxylic acid groups (broad SMARTS) is 1. The number of aryl methyl sites for hydroxylation is 1. The third-order valence-corrected chi connectivity index (χ3v) is 3.82. The summed E-state index contributed by atoms with van der Waals surface area (Å²) in [5.41, 5.74) is 1.66. The number of hydrogen-bond acceptors (Lipinski definition) is 3. The quantitative estimate of drug-likeness (QED) is 0.886. The Morgan fingerprint density at radius 2 is 2.00 bits per heavy atom. The number of amides is 1. The SMILES string of the molecule is COc1ccc(NC(=O)C2CCC(C(=O)O)C2)cc1C. The fraction of sp³-hybridized carbons (Fsp3) is 0.467. The maximum atomic E-state index is 12.1. The van der Waals surface area contributed by atoms with Crippen LogP contribution >= 0.6 is 0 Å². The minimum Gasteiger partial charge on any atom is -0.496 e. The van der Waals surface area contributed by atoms with Crippen LogP contribution in [0.4, 0.5) is 5.69 Å². The van der Waals surface area contributed by atoms with E-state index in [0.29, 0.717) is 24.9 Å². The molecule has 1 aromatic carbocycles. The highest BCUT2D eigenvalue weighted by Crippen LogP contribution is 2.32. The zero-order valence-corrected chi connectivity index (χ0v) is 11.7. The van der Waals surface area contributed by atoms with E-state index in [1.54, 1.807) is 19.2 Å². The first kappa shape index (κ1) is 14.4. The molecule has 0 aliphatic heterocycles. The van der Waals surface area contributed by atoms with Gasteiger partial charge in [0, 0.05) is 11.6 Å². The van der Waals surface area contributed by atoms with Gasteiger partial charge in [-0.25, -0.2) is 0 Å². The van der Waals surface area contributed by atoms with Crippen LogP contribution in [0.1, 0.15) is 24.8 Å². The van der Waals surface area contributed by atoms with Crippen molar-refractivity contribution in [2.24, 2.45) is 11.8 Å². The first-order valence-corrected chi connectivity index (χ1v) is 6.69. The van der Waals surface area contributed by atoms with Gasteiger partial charge in [-0.3, -0.25) is 9.59 Å². The molecule has 2 rings (SSSR count). The number of ether oxygens (including phenoxy) is 1. The summed E-state index contributed by atoms with van der Waals surface area (Å²) in [4.78, 5) is 23.0. The lowest BCUT2D eigenvalue weighted by molar-refractivity contribution is -0.141. The van der Waals surface area contributed by atoms with Gasteiger partial charge in [-0.2, -0.15) is 0 Å². The Morgan fingerprint density at radius 1 is 1.30 bits per heavy atom. The minimum atomic E-state index is -0.805. The van der Waals surface area contributed by atoms with Crippen molar-refractivity contribution >= 4 is 17.6 Å². The summed E-state index contributed by atoms with van der Waals surface area (Å²) in [5.74, 6) is -0.726. The Labute approximate surface area is 117 Å². The van der Waals surface area contributed by atoms with Gasteiger partial charge in [-0.05, 0) is 49.9 Å². The Morgan fingerprint density at radius 3 is 2.55 bits per heavy atom. The molecule has 1 amide bonds. The number of methoxy groups -OCH3 is 1. The summed E-state index contributed by atoms with van der Waals surface area (Å²) in [6.45, 7) is 1.91. The molecule has 0 spiro atoms. The second kappa shape index (κ2) is 5.94. The van der Waals surface area contributed by atoms with Gasteiger partial charge in [0.1, 0.15) is 5.75 Å². The van der Waals surface area contributed by atoms with Gasteiger partial charge in [-0.1, -0.05) is 0 Å². The molecule has 1 aromatic rings. The molecule has 2 unspecified atom stereocenters. The third-order valence-electron chi connectivity index (χ3n) is 3.82. The van der Waals surface area contributed by atoms with E-state index in [9.17, 15) is 9.59 Å². The second-order valence-electron chi connectivity index (χ2n) is 5.22. The van der Waals surface area contributed by atoms with Crippen molar-refractivity contribution in [3.05, 3.63) is 23.8 Å². The van der Waals surface area contributed by atoms with E-state index < -0.39 is 5.97 Å². The van der Waals surface area contributed by atoms with Gasteiger partial charge >= 0.3 is 5.97 Å². The number of benzene rings is 1. The van der Waals surface area contributed by atoms with E-state index in [1.165, 1.54) is 0 Å². The molecule has 0 radical (unpaired) electrons. The number of anilines is 1. The zero-order chi connectivity index (χ0) is 14.7. The minimum absolute atomic E-state index is 0.0988. The molecule has 5 heteroatoms. The first-order valence-electron chi connectivity index (χ1n) is 6.69. The Kier molecular flexibility index (Phi) is 4.27. The lowest BCUT2D eigenvalue weighted by Gasteiger charge is -2.12. The number of aliphatic carboxylic acids is 1. The predicted octanol–water partition coefficient (Wildman–Crippen LogP) is 2.44. The summed E-state index contributed by atoms with van der Waals surface area (Å²) >= 11 is 0. The number of carbonyl (C=O) groups excluding carboxylic acids is 1. The van der Waals surface area contributed by atoms with Crippen LogP contribution in [-0.2, 0) is 9.59 Å². The summed E-state index contributed by atoms with van der Waals surface area (Å²) in [7, 11) is 1.60. The molecule has 0 saturated heterocycles. The predicted molar refractivity (Wildman–Crippen MR) is 74.8 cm³/mol. The van der Waals surface area contributed by atoms with Crippen molar-refractivity contribution in [3.8, 4) is 5.75 Å². The normalized spacial score (nSPS) is 21.5. The van der Waals surface area contributed by atoms with Crippen LogP contribution in [0.3, 0.4) is 0 Å². The number of carbonyl (C=O) groups is 2. The summed E-state index contributed by atoms with van der Waals surface area (Å²) in [6.07, 6.45) is 1.64. The summed E-state index contributed by atoms with van der Waals surface area (Å²) < 4.78 is 5.17. The Hall–Kier alpha value is -2.04. The second-order valence-corrected chi connectivity index (χ2v) is 5.22. The van der Waals surface area contributed by atoms with Crippen LogP contribution in [0.2, 0.25) is 0 Å². The molecule has 0 heterocycles. The van der Waals surface area contributed by atoms with Gasteiger partial charge in [0.15, 0.2) is 0 Å². The fourth-order valence-electron chi connectivity index (χ4n) is 2.64. The summed E-state index contributed by atoms with van der Waals surface area (Å²) in [5, 5.41) is 11.8. The topological polar surface area (TPSA) is 75.6 Å². The van der Waals surface area contributed by atoms with Gasteiger partial charge in [-0.15, -0.1) is 0 Å². The van der Waals surface area contributed by atoms with E-state index in [2.05, 4.69) is 5.32 Å². The highest BCUT2D eigenvalue weighted by atomic mass is 16.5. The molecule has 1 aliphatic rings. The molecule has 1 fully saturated rings. The maximum Gasteiger partial charge on any atom is 0.306 e. The lowest BCUT2D eigenvalue weighted by Crippen LogP contribution is -2.21. The molecule has 108 valence electrons. The summed E-state index contributed by atoms with van der Waals surface area (Å²) in [6, 6.07) is 5.44. The van der Waals surface area contributed by atoms with E-state index in [0.717, 1.165) is 11.3 Å². The molecule has 0 aromatic heterocycles. The molecule has 20 heavy (non-hydrogen) atoms. The van der Waals surface area contributed by atoms with Crippen LogP contribution in [0.15, 0.2) is 18.2 Å². The molecular formula is C15H19NO4. The van der Waals surface area contributed by atoms with Crippen molar-refractivity contribution in [3.63, 3.8) is 0 Å². The Bertz CT molecular complexity index is 527. The van der Waals surface area contributed by atoms with Crippen molar-refractivity contribution in [2.75, 3.05) is 12.4 Å². The van der Waals surface area contributed by atoms with E-state index in [-0.39, 0.29) is 17.7 Å². The van der Waals surface area contributed by atoms with Crippen LogP contribution in [0, 0.1) is 18.8 Å². The van der Waals surface area contributed by atoms with Gasteiger partial charge < -0.3 is 15.2 Å².